The Bertz CT molecular complexity index is 73.5. The molecule has 9 heavy (non-hydrogen) atoms. The van der Waals surface area contributed by atoms with E-state index in [1.54, 1.807) is 0 Å². The number of carbonyl (C=O) groups excluding carboxylic acids is 1. The minimum absolute atomic E-state index is 0. The molecule has 0 fully saturated rings. The fourth-order valence-electron chi connectivity index (χ4n) is 0.492. The molecule has 0 saturated heterocycles. The molecule has 52 valence electrons. The molecular formula is C7H14OTi. The molecule has 0 N–H and O–H groups in total. The van der Waals surface area contributed by atoms with Crippen LogP contribution >= 0.6 is 0 Å². The van der Waals surface area contributed by atoms with Crippen LogP contribution in [0, 0.1) is 5.41 Å². The van der Waals surface area contributed by atoms with Gasteiger partial charge in [-0.3, -0.25) is 0 Å². The minimum atomic E-state index is 0. The largest absolute Gasteiger partial charge is 0.303 e. The van der Waals surface area contributed by atoms with Crippen LogP contribution in [0.15, 0.2) is 0 Å². The average molecular weight is 162 g/mol. The molecule has 0 saturated carbocycles. The molecule has 1 nitrogen and oxygen atoms in total. The van der Waals surface area contributed by atoms with E-state index in [9.17, 15) is 4.79 Å². The Hall–Kier alpha value is 0.384. The molecule has 2 heteroatoms. The van der Waals surface area contributed by atoms with Gasteiger partial charge in [-0.15, -0.1) is 0 Å². The van der Waals surface area contributed by atoms with Crippen molar-refractivity contribution >= 4 is 6.29 Å². The van der Waals surface area contributed by atoms with E-state index in [0.717, 1.165) is 12.7 Å². The number of rotatable bonds is 2. The molecule has 0 heterocycles. The van der Waals surface area contributed by atoms with E-state index in [-0.39, 0.29) is 21.7 Å². The molecule has 0 aliphatic carbocycles. The third-order valence-electron chi connectivity index (χ3n) is 1.01. The average Bonchev–Trinajstić information content (AvgIpc) is 1.59. The third kappa shape index (κ3) is 11.8. The first-order valence-corrected chi connectivity index (χ1v) is 3.00. The van der Waals surface area contributed by atoms with Crippen LogP contribution in [-0.2, 0) is 26.5 Å². The Balaban J connectivity index is 0. The van der Waals surface area contributed by atoms with Gasteiger partial charge in [0.2, 0.25) is 0 Å². The van der Waals surface area contributed by atoms with Crippen LogP contribution in [0.3, 0.4) is 0 Å². The summed E-state index contributed by atoms with van der Waals surface area (Å²) >= 11 is 0. The quantitative estimate of drug-likeness (QED) is 0.448. The molecule has 0 amide bonds. The number of hydrogen-bond donors (Lipinski definition) is 0. The molecule has 0 radical (unpaired) electrons. The van der Waals surface area contributed by atoms with E-state index >= 15 is 0 Å². The van der Waals surface area contributed by atoms with Crippen molar-refractivity contribution in [3.05, 3.63) is 0 Å². The zero-order valence-electron chi connectivity index (χ0n) is 6.40. The van der Waals surface area contributed by atoms with Gasteiger partial charge in [0.15, 0.2) is 0 Å². The van der Waals surface area contributed by atoms with E-state index in [2.05, 4.69) is 20.8 Å². The Morgan fingerprint density at radius 1 is 1.33 bits per heavy atom. The van der Waals surface area contributed by atoms with Crippen molar-refractivity contribution in [2.24, 2.45) is 5.41 Å². The second kappa shape index (κ2) is 5.19. The minimum Gasteiger partial charge on any atom is -0.303 e. The van der Waals surface area contributed by atoms with Crippen molar-refractivity contribution in [1.82, 2.24) is 0 Å². The van der Waals surface area contributed by atoms with E-state index < -0.39 is 0 Å². The van der Waals surface area contributed by atoms with E-state index in [0.29, 0.717) is 11.8 Å². The monoisotopic (exact) mass is 162 g/mol. The third-order valence-corrected chi connectivity index (χ3v) is 1.01. The standard InChI is InChI=1S/C7H14O.Ti/c1-7(2,3)5-4-6-8;/h6H,4-5H2,1-3H3;. The van der Waals surface area contributed by atoms with Crippen molar-refractivity contribution in [1.29, 1.82) is 0 Å². The SMILES string of the molecule is CC(C)(C)CCC=O.[Ti]. The molecule has 0 rings (SSSR count). The molecule has 0 aromatic carbocycles. The zero-order valence-corrected chi connectivity index (χ0v) is 7.96. The van der Waals surface area contributed by atoms with Crippen molar-refractivity contribution in [3.63, 3.8) is 0 Å². The predicted molar refractivity (Wildman–Crippen MR) is 34.8 cm³/mol. The smallest absolute Gasteiger partial charge is 0.120 e. The van der Waals surface area contributed by atoms with Crippen LogP contribution in [0.25, 0.3) is 0 Å². The van der Waals surface area contributed by atoms with E-state index in [1.165, 1.54) is 0 Å². The first-order chi connectivity index (χ1) is 3.56. The maximum Gasteiger partial charge on any atom is 0.120 e. The molecule has 0 spiro atoms. The number of hydrogen-bond acceptors (Lipinski definition) is 1. The maximum atomic E-state index is 9.85. The fourth-order valence-corrected chi connectivity index (χ4v) is 0.492. The second-order valence-electron chi connectivity index (χ2n) is 3.27. The summed E-state index contributed by atoms with van der Waals surface area (Å²) < 4.78 is 0. The Morgan fingerprint density at radius 3 is 1.89 bits per heavy atom. The summed E-state index contributed by atoms with van der Waals surface area (Å²) in [5, 5.41) is 0. The first-order valence-electron chi connectivity index (χ1n) is 3.00. The zero-order chi connectivity index (χ0) is 6.62. The molecule has 0 aromatic rings. The van der Waals surface area contributed by atoms with Gasteiger partial charge < -0.3 is 4.79 Å². The van der Waals surface area contributed by atoms with Gasteiger partial charge in [-0.05, 0) is 11.8 Å². The molecule has 0 aliphatic heterocycles. The van der Waals surface area contributed by atoms with Crippen LogP contribution in [-0.4, -0.2) is 6.29 Å². The van der Waals surface area contributed by atoms with Gasteiger partial charge in [-0.1, -0.05) is 20.8 Å². The topological polar surface area (TPSA) is 17.1 Å². The summed E-state index contributed by atoms with van der Waals surface area (Å²) in [7, 11) is 0. The normalized spacial score (nSPS) is 10.1. The van der Waals surface area contributed by atoms with Gasteiger partial charge in [-0.2, -0.15) is 0 Å². The van der Waals surface area contributed by atoms with Crippen LogP contribution in [0.5, 0.6) is 0 Å². The summed E-state index contributed by atoms with van der Waals surface area (Å²) in [4.78, 5) is 9.85. The van der Waals surface area contributed by atoms with Crippen molar-refractivity contribution in [3.8, 4) is 0 Å². The Morgan fingerprint density at radius 2 is 1.78 bits per heavy atom. The van der Waals surface area contributed by atoms with Crippen LogP contribution < -0.4 is 0 Å². The van der Waals surface area contributed by atoms with Crippen LogP contribution in [0.2, 0.25) is 0 Å². The molecule has 0 aromatic heterocycles. The first kappa shape index (κ1) is 12.1. The Labute approximate surface area is 72.1 Å². The molecule has 0 unspecified atom stereocenters. The summed E-state index contributed by atoms with van der Waals surface area (Å²) in [5.41, 5.74) is 0.320. The number of carbonyl (C=O) groups is 1. The van der Waals surface area contributed by atoms with Crippen molar-refractivity contribution in [2.75, 3.05) is 0 Å². The summed E-state index contributed by atoms with van der Waals surface area (Å²) in [6.07, 6.45) is 2.67. The summed E-state index contributed by atoms with van der Waals surface area (Å²) in [6.45, 7) is 6.41. The van der Waals surface area contributed by atoms with E-state index in [4.69, 9.17) is 0 Å². The maximum absolute atomic E-state index is 9.85. The molecule has 0 aliphatic rings. The molecule has 0 bridgehead atoms. The predicted octanol–water partition coefficient (Wildman–Crippen LogP) is 2.01. The van der Waals surface area contributed by atoms with Gasteiger partial charge in [0.25, 0.3) is 0 Å². The number of aldehydes is 1. The van der Waals surface area contributed by atoms with Gasteiger partial charge in [0, 0.05) is 28.1 Å². The van der Waals surface area contributed by atoms with E-state index in [1.807, 2.05) is 0 Å². The molecule has 0 atom stereocenters. The summed E-state index contributed by atoms with van der Waals surface area (Å²) in [6, 6.07) is 0. The van der Waals surface area contributed by atoms with Crippen molar-refractivity contribution in [2.45, 2.75) is 33.6 Å². The van der Waals surface area contributed by atoms with Gasteiger partial charge in [-0.25, -0.2) is 0 Å². The van der Waals surface area contributed by atoms with Gasteiger partial charge in [0.1, 0.15) is 6.29 Å². The van der Waals surface area contributed by atoms with Crippen LogP contribution in [0.4, 0.5) is 0 Å². The Kier molecular flexibility index (Phi) is 6.98. The van der Waals surface area contributed by atoms with Crippen molar-refractivity contribution < 1.29 is 26.5 Å². The summed E-state index contributed by atoms with van der Waals surface area (Å²) in [5.74, 6) is 0. The fraction of sp³-hybridized carbons (Fsp3) is 0.857. The van der Waals surface area contributed by atoms with Gasteiger partial charge in [0.05, 0.1) is 0 Å². The molecular weight excluding hydrogens is 148 g/mol. The second-order valence-corrected chi connectivity index (χ2v) is 3.27. The van der Waals surface area contributed by atoms with Crippen LogP contribution in [0.1, 0.15) is 33.6 Å². The van der Waals surface area contributed by atoms with Gasteiger partial charge >= 0.3 is 0 Å².